The van der Waals surface area contributed by atoms with Crippen molar-refractivity contribution in [3.05, 3.63) is 17.5 Å². The second-order valence-corrected chi connectivity index (χ2v) is 6.23. The summed E-state index contributed by atoms with van der Waals surface area (Å²) in [5.41, 5.74) is 3.21. The average Bonchev–Trinajstić information content (AvgIpc) is 2.93. The fraction of sp³-hybridized carbons (Fsp3) is 0.800. The summed E-state index contributed by atoms with van der Waals surface area (Å²) in [6, 6.07) is 2.31. The smallest absolute Gasteiger partial charge is 0.0624 e. The Balaban J connectivity index is 1.78. The third-order valence-electron chi connectivity index (χ3n) is 5.10. The molecule has 1 saturated carbocycles. The SMILES string of the molecule is CCc1cc(CC2(C3CCCC3)CNC2)n(C)n1. The third kappa shape index (κ3) is 1.99. The van der Waals surface area contributed by atoms with Gasteiger partial charge in [-0.2, -0.15) is 5.10 Å². The van der Waals surface area contributed by atoms with Gasteiger partial charge in [-0.05, 0) is 37.7 Å². The van der Waals surface area contributed by atoms with Crippen LogP contribution in [0.15, 0.2) is 6.07 Å². The zero-order valence-corrected chi connectivity index (χ0v) is 11.7. The molecule has 0 radical (unpaired) electrons. The Bertz CT molecular complexity index is 411. The first-order valence-corrected chi connectivity index (χ1v) is 7.46. The van der Waals surface area contributed by atoms with Crippen molar-refractivity contribution < 1.29 is 0 Å². The lowest BCUT2D eigenvalue weighted by Gasteiger charge is -2.47. The van der Waals surface area contributed by atoms with Crippen LogP contribution in [0.3, 0.4) is 0 Å². The Morgan fingerprint density at radius 2 is 2.11 bits per heavy atom. The highest BCUT2D eigenvalue weighted by molar-refractivity contribution is 5.15. The second kappa shape index (κ2) is 4.69. The lowest BCUT2D eigenvalue weighted by atomic mass is 9.67. The molecule has 0 unspecified atom stereocenters. The van der Waals surface area contributed by atoms with E-state index in [4.69, 9.17) is 0 Å². The van der Waals surface area contributed by atoms with Crippen molar-refractivity contribution in [1.29, 1.82) is 0 Å². The number of hydrogen-bond acceptors (Lipinski definition) is 2. The molecule has 0 bridgehead atoms. The molecule has 1 aromatic heterocycles. The van der Waals surface area contributed by atoms with E-state index in [2.05, 4.69) is 35.1 Å². The lowest BCUT2D eigenvalue weighted by Crippen LogP contribution is -2.58. The van der Waals surface area contributed by atoms with Crippen molar-refractivity contribution in [2.45, 2.75) is 45.4 Å². The summed E-state index contributed by atoms with van der Waals surface area (Å²) in [5.74, 6) is 0.943. The maximum atomic E-state index is 4.59. The molecular formula is C15H25N3. The van der Waals surface area contributed by atoms with Gasteiger partial charge in [-0.3, -0.25) is 4.68 Å². The molecule has 1 saturated heterocycles. The highest BCUT2D eigenvalue weighted by atomic mass is 15.3. The quantitative estimate of drug-likeness (QED) is 0.885. The van der Waals surface area contributed by atoms with Gasteiger partial charge in [0, 0.05) is 31.2 Å². The van der Waals surface area contributed by atoms with Crippen LogP contribution in [-0.4, -0.2) is 22.9 Å². The minimum absolute atomic E-state index is 0.537. The molecule has 2 heterocycles. The van der Waals surface area contributed by atoms with Crippen LogP contribution in [0.2, 0.25) is 0 Å². The van der Waals surface area contributed by atoms with E-state index in [0.29, 0.717) is 5.41 Å². The van der Waals surface area contributed by atoms with Crippen molar-refractivity contribution in [2.24, 2.45) is 18.4 Å². The summed E-state index contributed by atoms with van der Waals surface area (Å²) in [5, 5.41) is 8.10. The van der Waals surface area contributed by atoms with Gasteiger partial charge in [0.15, 0.2) is 0 Å². The maximum Gasteiger partial charge on any atom is 0.0624 e. The van der Waals surface area contributed by atoms with Crippen LogP contribution in [0.4, 0.5) is 0 Å². The summed E-state index contributed by atoms with van der Waals surface area (Å²) in [6.07, 6.45) is 8.03. The Kier molecular flexibility index (Phi) is 3.18. The largest absolute Gasteiger partial charge is 0.315 e. The topological polar surface area (TPSA) is 29.9 Å². The van der Waals surface area contributed by atoms with E-state index in [-0.39, 0.29) is 0 Å². The number of nitrogens with one attached hydrogen (secondary N) is 1. The third-order valence-corrected chi connectivity index (χ3v) is 5.10. The molecule has 18 heavy (non-hydrogen) atoms. The zero-order chi connectivity index (χ0) is 12.6. The van der Waals surface area contributed by atoms with Crippen LogP contribution in [0, 0.1) is 11.3 Å². The molecule has 0 spiro atoms. The van der Waals surface area contributed by atoms with Crippen molar-refractivity contribution in [1.82, 2.24) is 15.1 Å². The highest BCUT2D eigenvalue weighted by Crippen LogP contribution is 2.44. The molecule has 0 aromatic carbocycles. The number of rotatable bonds is 4. The standard InChI is InChI=1S/C15H25N3/c1-3-13-8-14(18(2)17-13)9-15(10-16-11-15)12-6-4-5-7-12/h8,12,16H,3-7,9-11H2,1-2H3. The summed E-state index contributed by atoms with van der Waals surface area (Å²) in [4.78, 5) is 0. The van der Waals surface area contributed by atoms with Crippen molar-refractivity contribution in [3.8, 4) is 0 Å². The van der Waals surface area contributed by atoms with Gasteiger partial charge in [-0.1, -0.05) is 19.8 Å². The maximum absolute atomic E-state index is 4.59. The van der Waals surface area contributed by atoms with Gasteiger partial charge in [0.1, 0.15) is 0 Å². The molecule has 3 heteroatoms. The normalized spacial score (nSPS) is 23.2. The Morgan fingerprint density at radius 3 is 2.61 bits per heavy atom. The van der Waals surface area contributed by atoms with Crippen LogP contribution in [0.5, 0.6) is 0 Å². The number of hydrogen-bond donors (Lipinski definition) is 1. The summed E-state index contributed by atoms with van der Waals surface area (Å²) in [7, 11) is 2.10. The van der Waals surface area contributed by atoms with Gasteiger partial charge in [0.05, 0.1) is 5.69 Å². The molecule has 2 aliphatic rings. The van der Waals surface area contributed by atoms with Gasteiger partial charge < -0.3 is 5.32 Å². The molecule has 3 nitrogen and oxygen atoms in total. The number of nitrogens with zero attached hydrogens (tertiary/aromatic N) is 2. The molecule has 100 valence electrons. The van der Waals surface area contributed by atoms with Crippen LogP contribution in [0.25, 0.3) is 0 Å². The molecule has 1 aromatic rings. The fourth-order valence-corrected chi connectivity index (χ4v) is 3.81. The Labute approximate surface area is 110 Å². The molecule has 2 fully saturated rings. The van der Waals surface area contributed by atoms with E-state index in [9.17, 15) is 0 Å². The van der Waals surface area contributed by atoms with E-state index in [1.54, 1.807) is 0 Å². The first-order valence-electron chi connectivity index (χ1n) is 7.46. The molecule has 3 rings (SSSR count). The van der Waals surface area contributed by atoms with Crippen LogP contribution in [0.1, 0.15) is 44.0 Å². The van der Waals surface area contributed by atoms with E-state index < -0.39 is 0 Å². The summed E-state index contributed by atoms with van der Waals surface area (Å²) in [6.45, 7) is 4.61. The van der Waals surface area contributed by atoms with E-state index in [1.807, 2.05) is 0 Å². The van der Waals surface area contributed by atoms with Crippen molar-refractivity contribution in [3.63, 3.8) is 0 Å². The predicted octanol–water partition coefficient (Wildman–Crippen LogP) is 2.30. The van der Waals surface area contributed by atoms with E-state index >= 15 is 0 Å². The van der Waals surface area contributed by atoms with Gasteiger partial charge in [0.2, 0.25) is 0 Å². The Hall–Kier alpha value is -0.830. The molecule has 0 amide bonds. The fourth-order valence-electron chi connectivity index (χ4n) is 3.81. The van der Waals surface area contributed by atoms with Crippen molar-refractivity contribution in [2.75, 3.05) is 13.1 Å². The van der Waals surface area contributed by atoms with Crippen LogP contribution >= 0.6 is 0 Å². The molecule has 1 N–H and O–H groups in total. The molecule has 1 aliphatic heterocycles. The van der Waals surface area contributed by atoms with Gasteiger partial charge in [-0.15, -0.1) is 0 Å². The van der Waals surface area contributed by atoms with Gasteiger partial charge in [0.25, 0.3) is 0 Å². The molecule has 1 aliphatic carbocycles. The van der Waals surface area contributed by atoms with E-state index in [0.717, 1.165) is 12.3 Å². The summed E-state index contributed by atoms with van der Waals surface area (Å²) < 4.78 is 2.11. The lowest BCUT2D eigenvalue weighted by molar-refractivity contribution is 0.0788. The van der Waals surface area contributed by atoms with Crippen LogP contribution < -0.4 is 5.32 Å². The first-order chi connectivity index (χ1) is 8.73. The molecule has 0 atom stereocenters. The highest BCUT2D eigenvalue weighted by Gasteiger charge is 2.45. The van der Waals surface area contributed by atoms with E-state index in [1.165, 1.54) is 56.6 Å². The van der Waals surface area contributed by atoms with Gasteiger partial charge >= 0.3 is 0 Å². The van der Waals surface area contributed by atoms with Crippen LogP contribution in [-0.2, 0) is 19.9 Å². The average molecular weight is 247 g/mol. The minimum atomic E-state index is 0.537. The first kappa shape index (κ1) is 12.2. The zero-order valence-electron chi connectivity index (χ0n) is 11.7. The van der Waals surface area contributed by atoms with Gasteiger partial charge in [-0.25, -0.2) is 0 Å². The predicted molar refractivity (Wildman–Crippen MR) is 73.6 cm³/mol. The van der Waals surface area contributed by atoms with Crippen molar-refractivity contribution >= 4 is 0 Å². The Morgan fingerprint density at radius 1 is 1.39 bits per heavy atom. The number of aryl methyl sites for hydroxylation is 2. The monoisotopic (exact) mass is 247 g/mol. The minimum Gasteiger partial charge on any atom is -0.315 e. The molecular weight excluding hydrogens is 222 g/mol. The number of aromatic nitrogens is 2. The summed E-state index contributed by atoms with van der Waals surface area (Å²) >= 11 is 0. The second-order valence-electron chi connectivity index (χ2n) is 6.23.